The van der Waals surface area contributed by atoms with Crippen molar-refractivity contribution in [3.63, 3.8) is 0 Å². The summed E-state index contributed by atoms with van der Waals surface area (Å²) in [5.41, 5.74) is 3.25. The number of rotatable bonds is 4. The smallest absolute Gasteiger partial charge is 0.237 e. The van der Waals surface area contributed by atoms with Gasteiger partial charge in [0.05, 0.1) is 12.1 Å². The standard InChI is InChI=1S/C16H19N3O2/c20-13-8-15(18-10-13)16(21)19-9-11-3-5-12(6-4-11)14-2-1-7-17-14/h1-7,13,15,17-18,20H,8-10H2,(H,19,21)/t13-,15+/m1/s1. The molecule has 2 heterocycles. The van der Waals surface area contributed by atoms with E-state index in [4.69, 9.17) is 0 Å². The minimum absolute atomic E-state index is 0.0556. The van der Waals surface area contributed by atoms with Gasteiger partial charge in [0.25, 0.3) is 0 Å². The molecule has 1 saturated heterocycles. The normalized spacial score (nSPS) is 21.4. The lowest BCUT2D eigenvalue weighted by molar-refractivity contribution is -0.123. The maximum atomic E-state index is 11.9. The first-order valence-electron chi connectivity index (χ1n) is 7.14. The molecule has 4 N–H and O–H groups in total. The largest absolute Gasteiger partial charge is 0.392 e. The third-order valence-corrected chi connectivity index (χ3v) is 3.75. The Labute approximate surface area is 123 Å². The number of hydrogen-bond donors (Lipinski definition) is 4. The third kappa shape index (κ3) is 3.32. The van der Waals surface area contributed by atoms with Gasteiger partial charge in [0.2, 0.25) is 5.91 Å². The minimum atomic E-state index is -0.416. The highest BCUT2D eigenvalue weighted by atomic mass is 16.3. The molecule has 0 radical (unpaired) electrons. The number of aromatic nitrogens is 1. The average Bonchev–Trinajstić information content (AvgIpc) is 3.16. The van der Waals surface area contributed by atoms with Crippen molar-refractivity contribution in [3.8, 4) is 11.3 Å². The van der Waals surface area contributed by atoms with Crippen molar-refractivity contribution in [2.45, 2.75) is 25.1 Å². The quantitative estimate of drug-likeness (QED) is 0.677. The van der Waals surface area contributed by atoms with E-state index < -0.39 is 6.10 Å². The van der Waals surface area contributed by atoms with Crippen LogP contribution in [0.25, 0.3) is 11.3 Å². The van der Waals surface area contributed by atoms with Crippen molar-refractivity contribution in [2.24, 2.45) is 0 Å². The molecule has 1 aromatic heterocycles. The number of H-pyrrole nitrogens is 1. The summed E-state index contributed by atoms with van der Waals surface area (Å²) < 4.78 is 0. The maximum Gasteiger partial charge on any atom is 0.237 e. The number of aliphatic hydroxyl groups is 1. The number of nitrogens with one attached hydrogen (secondary N) is 3. The van der Waals surface area contributed by atoms with E-state index in [0.29, 0.717) is 19.5 Å². The number of benzene rings is 1. The van der Waals surface area contributed by atoms with Crippen LogP contribution < -0.4 is 10.6 Å². The van der Waals surface area contributed by atoms with E-state index in [1.165, 1.54) is 0 Å². The first-order valence-corrected chi connectivity index (χ1v) is 7.14. The van der Waals surface area contributed by atoms with Crippen LogP contribution in [0.4, 0.5) is 0 Å². The zero-order valence-electron chi connectivity index (χ0n) is 11.7. The minimum Gasteiger partial charge on any atom is -0.392 e. The molecule has 0 bridgehead atoms. The molecule has 0 aliphatic carbocycles. The zero-order chi connectivity index (χ0) is 14.7. The first-order chi connectivity index (χ1) is 10.2. The summed E-state index contributed by atoms with van der Waals surface area (Å²) >= 11 is 0. The Balaban J connectivity index is 1.55. The molecule has 5 heteroatoms. The Kier molecular flexibility index (Phi) is 4.03. The molecule has 1 aliphatic heterocycles. The molecule has 0 spiro atoms. The molecule has 0 saturated carbocycles. The van der Waals surface area contributed by atoms with Crippen molar-refractivity contribution < 1.29 is 9.90 Å². The van der Waals surface area contributed by atoms with E-state index in [9.17, 15) is 9.90 Å². The molecule has 5 nitrogen and oxygen atoms in total. The van der Waals surface area contributed by atoms with Crippen LogP contribution in [0.3, 0.4) is 0 Å². The van der Waals surface area contributed by atoms with Gasteiger partial charge in [-0.3, -0.25) is 4.79 Å². The van der Waals surface area contributed by atoms with Crippen LogP contribution in [-0.2, 0) is 11.3 Å². The van der Waals surface area contributed by atoms with E-state index in [0.717, 1.165) is 16.8 Å². The molecule has 2 atom stereocenters. The fourth-order valence-corrected chi connectivity index (χ4v) is 2.54. The number of hydrogen-bond acceptors (Lipinski definition) is 3. The number of carbonyl (C=O) groups excluding carboxylic acids is 1. The highest BCUT2D eigenvalue weighted by Gasteiger charge is 2.27. The summed E-state index contributed by atoms with van der Waals surface area (Å²) in [7, 11) is 0. The average molecular weight is 285 g/mol. The molecule has 1 aliphatic rings. The third-order valence-electron chi connectivity index (χ3n) is 3.75. The van der Waals surface area contributed by atoms with E-state index >= 15 is 0 Å². The molecule has 110 valence electrons. The van der Waals surface area contributed by atoms with E-state index in [-0.39, 0.29) is 11.9 Å². The number of amides is 1. The summed E-state index contributed by atoms with van der Waals surface area (Å²) in [5.74, 6) is -0.0556. The topological polar surface area (TPSA) is 77.2 Å². The Morgan fingerprint density at radius 3 is 2.71 bits per heavy atom. The van der Waals surface area contributed by atoms with Gasteiger partial charge >= 0.3 is 0 Å². The molecule has 1 fully saturated rings. The van der Waals surface area contributed by atoms with Crippen LogP contribution in [0.15, 0.2) is 42.6 Å². The lowest BCUT2D eigenvalue weighted by Gasteiger charge is -2.11. The van der Waals surface area contributed by atoms with Crippen molar-refractivity contribution in [1.82, 2.24) is 15.6 Å². The van der Waals surface area contributed by atoms with Crippen molar-refractivity contribution >= 4 is 5.91 Å². The van der Waals surface area contributed by atoms with Gasteiger partial charge in [-0.05, 0) is 29.7 Å². The molecule has 21 heavy (non-hydrogen) atoms. The molecule has 1 aromatic carbocycles. The second kappa shape index (κ2) is 6.11. The van der Waals surface area contributed by atoms with E-state index in [2.05, 4.69) is 15.6 Å². The van der Waals surface area contributed by atoms with Gasteiger partial charge < -0.3 is 20.7 Å². The fourth-order valence-electron chi connectivity index (χ4n) is 2.54. The van der Waals surface area contributed by atoms with Crippen LogP contribution in [-0.4, -0.2) is 34.7 Å². The monoisotopic (exact) mass is 285 g/mol. The van der Waals surface area contributed by atoms with Gasteiger partial charge in [0, 0.05) is 25.0 Å². The van der Waals surface area contributed by atoms with Gasteiger partial charge in [0.15, 0.2) is 0 Å². The summed E-state index contributed by atoms with van der Waals surface area (Å²) in [5, 5.41) is 15.3. The van der Waals surface area contributed by atoms with Crippen molar-refractivity contribution in [2.75, 3.05) is 6.54 Å². The number of aromatic amines is 1. The lowest BCUT2D eigenvalue weighted by atomic mass is 10.1. The maximum absolute atomic E-state index is 11.9. The number of aliphatic hydroxyl groups excluding tert-OH is 1. The summed E-state index contributed by atoms with van der Waals surface area (Å²) in [6, 6.07) is 11.8. The Bertz CT molecular complexity index is 592. The highest BCUT2D eigenvalue weighted by molar-refractivity contribution is 5.82. The Morgan fingerprint density at radius 2 is 2.10 bits per heavy atom. The Hall–Kier alpha value is -2.11. The molecular formula is C16H19N3O2. The van der Waals surface area contributed by atoms with Crippen LogP contribution in [0.1, 0.15) is 12.0 Å². The summed E-state index contributed by atoms with van der Waals surface area (Å²) in [4.78, 5) is 15.1. The predicted octanol–water partition coefficient (Wildman–Crippen LogP) is 1.02. The molecule has 0 unspecified atom stereocenters. The van der Waals surface area contributed by atoms with Gasteiger partial charge in [-0.2, -0.15) is 0 Å². The SMILES string of the molecule is O=C(NCc1ccc(-c2ccc[nH]2)cc1)[C@@H]1C[C@@H](O)CN1. The number of carbonyl (C=O) groups is 1. The summed E-state index contributed by atoms with van der Waals surface area (Å²) in [6.45, 7) is 0.987. The lowest BCUT2D eigenvalue weighted by Crippen LogP contribution is -2.39. The van der Waals surface area contributed by atoms with Gasteiger partial charge in [-0.15, -0.1) is 0 Å². The van der Waals surface area contributed by atoms with Crippen LogP contribution in [0.5, 0.6) is 0 Å². The van der Waals surface area contributed by atoms with Gasteiger partial charge in [-0.1, -0.05) is 24.3 Å². The highest BCUT2D eigenvalue weighted by Crippen LogP contribution is 2.17. The first kappa shape index (κ1) is 13.9. The molecule has 3 rings (SSSR count). The Morgan fingerprint density at radius 1 is 1.29 bits per heavy atom. The van der Waals surface area contributed by atoms with E-state index in [1.54, 1.807) is 0 Å². The molecule has 2 aromatic rings. The number of β-amino-alcohol motifs (C(OH)–C–C–N with tert-alkyl or cyclic N) is 1. The van der Waals surface area contributed by atoms with E-state index in [1.807, 2.05) is 42.6 Å². The van der Waals surface area contributed by atoms with Crippen LogP contribution in [0, 0.1) is 0 Å². The second-order valence-electron chi connectivity index (χ2n) is 5.35. The summed E-state index contributed by atoms with van der Waals surface area (Å²) in [6.07, 6.45) is 1.96. The molecule has 1 amide bonds. The zero-order valence-corrected chi connectivity index (χ0v) is 11.7. The van der Waals surface area contributed by atoms with Gasteiger partial charge in [0.1, 0.15) is 0 Å². The van der Waals surface area contributed by atoms with Gasteiger partial charge in [-0.25, -0.2) is 0 Å². The van der Waals surface area contributed by atoms with Crippen molar-refractivity contribution in [1.29, 1.82) is 0 Å². The second-order valence-corrected chi connectivity index (χ2v) is 5.35. The van der Waals surface area contributed by atoms with Crippen molar-refractivity contribution in [3.05, 3.63) is 48.2 Å². The molecular weight excluding hydrogens is 266 g/mol. The van der Waals surface area contributed by atoms with Crippen LogP contribution >= 0.6 is 0 Å². The predicted molar refractivity (Wildman–Crippen MR) is 80.5 cm³/mol. The van der Waals surface area contributed by atoms with Crippen LogP contribution in [0.2, 0.25) is 0 Å². The fraction of sp³-hybridized carbons (Fsp3) is 0.312.